The molecule has 2 atom stereocenters. The Morgan fingerprint density at radius 1 is 1.24 bits per heavy atom. The van der Waals surface area contributed by atoms with Crippen molar-refractivity contribution in [3.8, 4) is 0 Å². The molecule has 1 N–H and O–H groups in total. The lowest BCUT2D eigenvalue weighted by Gasteiger charge is -2.23. The van der Waals surface area contributed by atoms with E-state index in [-0.39, 0.29) is 5.91 Å². The summed E-state index contributed by atoms with van der Waals surface area (Å²) in [4.78, 5) is 23.8. The maximum Gasteiger partial charge on any atom is 0.328 e. The lowest BCUT2D eigenvalue weighted by atomic mass is 10.1. The summed E-state index contributed by atoms with van der Waals surface area (Å²) in [5.41, 5.74) is 0.387. The van der Waals surface area contributed by atoms with Crippen LogP contribution in [0, 0.1) is 0 Å². The molecule has 0 radical (unpaired) electrons. The fourth-order valence-electron chi connectivity index (χ4n) is 1.67. The van der Waals surface area contributed by atoms with Crippen LogP contribution in [0.1, 0.15) is 33.3 Å². The maximum atomic E-state index is 12.0. The summed E-state index contributed by atoms with van der Waals surface area (Å²) in [6.45, 7) is 6.91. The van der Waals surface area contributed by atoms with Gasteiger partial charge in [0, 0.05) is 0 Å². The smallest absolute Gasteiger partial charge is 0.328 e. The largest absolute Gasteiger partial charge is 0.458 e. The number of esters is 1. The molecule has 0 bridgehead atoms. The first kappa shape index (κ1) is 17.5. The highest BCUT2D eigenvalue weighted by Gasteiger charge is 2.25. The minimum absolute atomic E-state index is 0.376. The molecule has 0 saturated carbocycles. The van der Waals surface area contributed by atoms with Crippen LogP contribution >= 0.6 is 11.6 Å². The Balaban J connectivity index is 2.50. The predicted octanol–water partition coefficient (Wildman–Crippen LogP) is 2.68. The van der Waals surface area contributed by atoms with Gasteiger partial charge in [0.05, 0.1) is 0 Å². The molecular weight excluding hydrogens is 290 g/mol. The molecule has 4 nitrogen and oxygen atoms in total. The highest BCUT2D eigenvalue weighted by atomic mass is 35.5. The van der Waals surface area contributed by atoms with Crippen LogP contribution in [0.5, 0.6) is 0 Å². The van der Waals surface area contributed by atoms with Crippen molar-refractivity contribution in [3.63, 3.8) is 0 Å². The maximum absolute atomic E-state index is 12.0. The lowest BCUT2D eigenvalue weighted by molar-refractivity contribution is -0.158. The molecule has 0 spiro atoms. The van der Waals surface area contributed by atoms with Crippen molar-refractivity contribution in [2.24, 2.45) is 0 Å². The monoisotopic (exact) mass is 311 g/mol. The van der Waals surface area contributed by atoms with E-state index in [1.54, 1.807) is 27.7 Å². The van der Waals surface area contributed by atoms with Gasteiger partial charge in [-0.15, -0.1) is 11.6 Å². The third-order valence-electron chi connectivity index (χ3n) is 2.66. The second kappa shape index (κ2) is 7.46. The zero-order valence-corrected chi connectivity index (χ0v) is 13.6. The van der Waals surface area contributed by atoms with E-state index in [1.807, 2.05) is 30.3 Å². The molecule has 0 saturated heterocycles. The van der Waals surface area contributed by atoms with Crippen molar-refractivity contribution < 1.29 is 14.3 Å². The van der Waals surface area contributed by atoms with Crippen molar-refractivity contribution in [3.05, 3.63) is 35.9 Å². The van der Waals surface area contributed by atoms with E-state index in [2.05, 4.69) is 5.32 Å². The SMILES string of the molecule is C[C@H](NC(=O)C(Cl)Cc1ccccc1)C(=O)OC(C)(C)C. The van der Waals surface area contributed by atoms with Crippen LogP contribution in [0.3, 0.4) is 0 Å². The minimum atomic E-state index is -0.728. The summed E-state index contributed by atoms with van der Waals surface area (Å²) >= 11 is 6.08. The Labute approximate surface area is 130 Å². The van der Waals surface area contributed by atoms with Gasteiger partial charge in [-0.2, -0.15) is 0 Å². The molecule has 1 unspecified atom stereocenters. The van der Waals surface area contributed by atoms with Crippen molar-refractivity contribution in [2.75, 3.05) is 0 Å². The number of ether oxygens (including phenoxy) is 1. The van der Waals surface area contributed by atoms with Gasteiger partial charge in [-0.25, -0.2) is 4.79 Å². The standard InChI is InChI=1S/C16H22ClNO3/c1-11(15(20)21-16(2,3)4)18-14(19)13(17)10-12-8-6-5-7-9-12/h5-9,11,13H,10H2,1-4H3,(H,18,19)/t11-,13?/m0/s1. The lowest BCUT2D eigenvalue weighted by Crippen LogP contribution is -2.45. The van der Waals surface area contributed by atoms with Crippen LogP contribution in [0.25, 0.3) is 0 Å². The average Bonchev–Trinajstić information content (AvgIpc) is 2.37. The Kier molecular flexibility index (Phi) is 6.21. The van der Waals surface area contributed by atoms with Gasteiger partial charge in [-0.05, 0) is 39.7 Å². The van der Waals surface area contributed by atoms with E-state index >= 15 is 0 Å². The molecule has 1 aromatic carbocycles. The number of hydrogen-bond donors (Lipinski definition) is 1. The molecule has 0 aliphatic heterocycles. The van der Waals surface area contributed by atoms with E-state index in [0.29, 0.717) is 6.42 Å². The zero-order valence-electron chi connectivity index (χ0n) is 12.9. The fraction of sp³-hybridized carbons (Fsp3) is 0.500. The van der Waals surface area contributed by atoms with Crippen LogP contribution in [0.2, 0.25) is 0 Å². The molecule has 0 aromatic heterocycles. The molecule has 1 rings (SSSR count). The summed E-state index contributed by atoms with van der Waals surface area (Å²) in [6.07, 6.45) is 0.412. The van der Waals surface area contributed by atoms with Crippen LogP contribution in [0.4, 0.5) is 0 Å². The summed E-state index contributed by atoms with van der Waals surface area (Å²) in [6, 6.07) is 8.76. The number of rotatable bonds is 5. The normalized spacial score (nSPS) is 14.1. The average molecular weight is 312 g/mol. The minimum Gasteiger partial charge on any atom is -0.458 e. The van der Waals surface area contributed by atoms with E-state index in [9.17, 15) is 9.59 Å². The number of halogens is 1. The van der Waals surface area contributed by atoms with Gasteiger partial charge >= 0.3 is 5.97 Å². The number of carbonyl (C=O) groups excluding carboxylic acids is 2. The van der Waals surface area contributed by atoms with Gasteiger partial charge in [0.2, 0.25) is 5.91 Å². The van der Waals surface area contributed by atoms with Crippen LogP contribution < -0.4 is 5.32 Å². The van der Waals surface area contributed by atoms with Crippen LogP contribution in [-0.4, -0.2) is 28.9 Å². The summed E-state index contributed by atoms with van der Waals surface area (Å²) in [5, 5.41) is 1.85. The fourth-order valence-corrected chi connectivity index (χ4v) is 1.91. The number of amides is 1. The highest BCUT2D eigenvalue weighted by molar-refractivity contribution is 6.31. The summed E-state index contributed by atoms with van der Waals surface area (Å²) < 4.78 is 5.20. The van der Waals surface area contributed by atoms with Gasteiger partial charge < -0.3 is 10.1 Å². The first-order valence-corrected chi connectivity index (χ1v) is 7.34. The summed E-state index contributed by atoms with van der Waals surface area (Å²) in [5.74, 6) is -0.849. The van der Waals surface area contributed by atoms with E-state index in [1.165, 1.54) is 0 Å². The second-order valence-electron chi connectivity index (χ2n) is 5.92. The third kappa shape index (κ3) is 6.63. The second-order valence-corrected chi connectivity index (χ2v) is 6.45. The molecule has 1 amide bonds. The molecule has 1 aromatic rings. The molecule has 0 aliphatic carbocycles. The molecular formula is C16H22ClNO3. The van der Waals surface area contributed by atoms with Crippen LogP contribution in [0.15, 0.2) is 30.3 Å². The van der Waals surface area contributed by atoms with E-state index < -0.39 is 23.0 Å². The third-order valence-corrected chi connectivity index (χ3v) is 3.01. The molecule has 116 valence electrons. The number of nitrogens with one attached hydrogen (secondary N) is 1. The van der Waals surface area contributed by atoms with Gasteiger partial charge in [0.1, 0.15) is 17.0 Å². The Morgan fingerprint density at radius 2 is 1.81 bits per heavy atom. The van der Waals surface area contributed by atoms with Gasteiger partial charge in [0.15, 0.2) is 0 Å². The number of alkyl halides is 1. The summed E-state index contributed by atoms with van der Waals surface area (Å²) in [7, 11) is 0. The first-order valence-electron chi connectivity index (χ1n) is 6.90. The van der Waals surface area contributed by atoms with E-state index in [4.69, 9.17) is 16.3 Å². The Bertz CT molecular complexity index is 482. The number of benzene rings is 1. The van der Waals surface area contributed by atoms with Crippen molar-refractivity contribution in [1.29, 1.82) is 0 Å². The molecule has 5 heteroatoms. The van der Waals surface area contributed by atoms with Gasteiger partial charge in [-0.1, -0.05) is 30.3 Å². The topological polar surface area (TPSA) is 55.4 Å². The zero-order chi connectivity index (χ0) is 16.0. The van der Waals surface area contributed by atoms with Crippen molar-refractivity contribution in [1.82, 2.24) is 5.32 Å². The molecule has 0 heterocycles. The molecule has 0 fully saturated rings. The van der Waals surface area contributed by atoms with E-state index in [0.717, 1.165) is 5.56 Å². The number of hydrogen-bond acceptors (Lipinski definition) is 3. The quantitative estimate of drug-likeness (QED) is 0.672. The molecule has 0 aliphatic rings. The molecule has 21 heavy (non-hydrogen) atoms. The Morgan fingerprint density at radius 3 is 2.33 bits per heavy atom. The van der Waals surface area contributed by atoms with Crippen LogP contribution in [-0.2, 0) is 20.7 Å². The predicted molar refractivity (Wildman–Crippen MR) is 83.2 cm³/mol. The van der Waals surface area contributed by atoms with Crippen molar-refractivity contribution in [2.45, 2.75) is 51.1 Å². The highest BCUT2D eigenvalue weighted by Crippen LogP contribution is 2.10. The number of carbonyl (C=O) groups is 2. The first-order chi connectivity index (χ1) is 9.69. The van der Waals surface area contributed by atoms with Gasteiger partial charge in [-0.3, -0.25) is 4.79 Å². The van der Waals surface area contributed by atoms with Crippen molar-refractivity contribution >= 4 is 23.5 Å². The Hall–Kier alpha value is -1.55. The van der Waals surface area contributed by atoms with Gasteiger partial charge in [0.25, 0.3) is 0 Å².